The monoisotopic (exact) mass is 220 g/mol. The zero-order chi connectivity index (χ0) is 8.55. The zero-order valence-corrected chi connectivity index (χ0v) is 7.75. The molecule has 2 heterocycles. The van der Waals surface area contributed by atoms with Crippen molar-refractivity contribution in [1.29, 1.82) is 0 Å². The molecule has 0 aliphatic heterocycles. The molecule has 0 saturated heterocycles. The first kappa shape index (κ1) is 7.38. The van der Waals surface area contributed by atoms with Gasteiger partial charge in [-0.05, 0) is 34.0 Å². The molecule has 58 valence electrons. The Hall–Kier alpha value is -1.27. The van der Waals surface area contributed by atoms with Gasteiger partial charge in [0.15, 0.2) is 0 Å². The lowest BCUT2D eigenvalue weighted by molar-refractivity contribution is 1.17. The fourth-order valence-electron chi connectivity index (χ4n) is 1.03. The van der Waals surface area contributed by atoms with Gasteiger partial charge in [-0.1, -0.05) is 0 Å². The molecule has 2 rings (SSSR count). The van der Waals surface area contributed by atoms with E-state index in [4.69, 9.17) is 6.42 Å². The average molecular weight is 221 g/mol. The molecule has 0 N–H and O–H groups in total. The third-order valence-corrected chi connectivity index (χ3v) is 2.03. The van der Waals surface area contributed by atoms with Crippen LogP contribution in [0, 0.1) is 12.3 Å². The minimum Gasteiger partial charge on any atom is -0.305 e. The van der Waals surface area contributed by atoms with Crippen LogP contribution < -0.4 is 0 Å². The van der Waals surface area contributed by atoms with Crippen molar-refractivity contribution < 1.29 is 0 Å². The summed E-state index contributed by atoms with van der Waals surface area (Å²) in [6, 6.07) is 3.84. The first-order chi connectivity index (χ1) is 5.79. The molecule has 0 amide bonds. The minimum atomic E-state index is 0.660. The van der Waals surface area contributed by atoms with Crippen molar-refractivity contribution >= 4 is 21.6 Å². The largest absolute Gasteiger partial charge is 0.305 e. The van der Waals surface area contributed by atoms with E-state index in [1.807, 2.05) is 28.9 Å². The van der Waals surface area contributed by atoms with Crippen LogP contribution in [0.25, 0.3) is 5.65 Å². The summed E-state index contributed by atoms with van der Waals surface area (Å²) in [6.45, 7) is 0. The highest BCUT2D eigenvalue weighted by atomic mass is 79.9. The van der Waals surface area contributed by atoms with E-state index < -0.39 is 0 Å². The molecule has 0 radical (unpaired) electrons. The number of hydrogen-bond acceptors (Lipinski definition) is 1. The molecule has 0 unspecified atom stereocenters. The van der Waals surface area contributed by atoms with Crippen molar-refractivity contribution in [1.82, 2.24) is 9.38 Å². The van der Waals surface area contributed by atoms with Crippen LogP contribution in [0.3, 0.4) is 0 Å². The fourth-order valence-corrected chi connectivity index (χ4v) is 1.39. The first-order valence-electron chi connectivity index (χ1n) is 3.40. The average Bonchev–Trinajstić information content (AvgIpc) is 2.46. The van der Waals surface area contributed by atoms with Gasteiger partial charge in [0.05, 0.1) is 0 Å². The highest BCUT2D eigenvalue weighted by Gasteiger charge is 1.97. The smallest absolute Gasteiger partial charge is 0.138 e. The minimum absolute atomic E-state index is 0.660. The van der Waals surface area contributed by atoms with Gasteiger partial charge in [0.1, 0.15) is 11.3 Å². The van der Waals surface area contributed by atoms with Crippen molar-refractivity contribution in [3.8, 4) is 12.3 Å². The topological polar surface area (TPSA) is 17.3 Å². The van der Waals surface area contributed by atoms with E-state index in [0.717, 1.165) is 10.1 Å². The summed E-state index contributed by atoms with van der Waals surface area (Å²) in [5, 5.41) is 0. The highest BCUT2D eigenvalue weighted by Crippen LogP contribution is 2.11. The molecule has 0 saturated carbocycles. The van der Waals surface area contributed by atoms with Gasteiger partial charge in [0.2, 0.25) is 0 Å². The number of pyridine rings is 1. The Kier molecular flexibility index (Phi) is 1.63. The van der Waals surface area contributed by atoms with Crippen LogP contribution in [0.2, 0.25) is 0 Å². The Morgan fingerprint density at radius 2 is 2.25 bits per heavy atom. The molecule has 2 nitrogen and oxygen atoms in total. The summed E-state index contributed by atoms with van der Waals surface area (Å²) in [7, 11) is 0. The van der Waals surface area contributed by atoms with Gasteiger partial charge in [0.25, 0.3) is 0 Å². The van der Waals surface area contributed by atoms with Gasteiger partial charge in [-0.3, -0.25) is 0 Å². The van der Waals surface area contributed by atoms with Crippen LogP contribution in [0.15, 0.2) is 29.0 Å². The van der Waals surface area contributed by atoms with Crippen molar-refractivity contribution in [3.63, 3.8) is 0 Å². The molecule has 0 aliphatic carbocycles. The van der Waals surface area contributed by atoms with Crippen LogP contribution >= 0.6 is 15.9 Å². The molecule has 2 aromatic rings. The summed E-state index contributed by atoms with van der Waals surface area (Å²) in [5.74, 6) is 2.49. The Morgan fingerprint density at radius 1 is 1.42 bits per heavy atom. The van der Waals surface area contributed by atoms with Crippen LogP contribution in [0.1, 0.15) is 5.69 Å². The molecular weight excluding hydrogens is 216 g/mol. The number of halogens is 1. The maximum atomic E-state index is 5.21. The standard InChI is InChI=1S/C9H5BrN2/c1-2-8-6-12-5-7(10)3-4-9(12)11-8/h1,3-6H. The van der Waals surface area contributed by atoms with Crippen LogP contribution in [-0.4, -0.2) is 9.38 Å². The number of terminal acetylenes is 1. The number of fused-ring (bicyclic) bond motifs is 1. The van der Waals surface area contributed by atoms with E-state index in [1.165, 1.54) is 0 Å². The van der Waals surface area contributed by atoms with E-state index >= 15 is 0 Å². The maximum absolute atomic E-state index is 5.21. The van der Waals surface area contributed by atoms with E-state index in [9.17, 15) is 0 Å². The van der Waals surface area contributed by atoms with Gasteiger partial charge in [-0.15, -0.1) is 6.42 Å². The fraction of sp³-hybridized carbons (Fsp3) is 0. The molecule has 0 aliphatic rings. The van der Waals surface area contributed by atoms with Gasteiger partial charge in [-0.2, -0.15) is 0 Å². The Morgan fingerprint density at radius 3 is 3.00 bits per heavy atom. The predicted octanol–water partition coefficient (Wildman–Crippen LogP) is 2.08. The Bertz CT molecular complexity index is 465. The summed E-state index contributed by atoms with van der Waals surface area (Å²) in [6.07, 6.45) is 8.95. The summed E-state index contributed by atoms with van der Waals surface area (Å²) < 4.78 is 2.90. The van der Waals surface area contributed by atoms with Crippen molar-refractivity contribution in [2.75, 3.05) is 0 Å². The highest BCUT2D eigenvalue weighted by molar-refractivity contribution is 9.10. The molecule has 2 aromatic heterocycles. The SMILES string of the molecule is C#Cc1cn2cc(Br)ccc2n1. The number of aromatic nitrogens is 2. The quantitative estimate of drug-likeness (QED) is 0.622. The van der Waals surface area contributed by atoms with Crippen molar-refractivity contribution in [3.05, 3.63) is 34.7 Å². The zero-order valence-electron chi connectivity index (χ0n) is 6.16. The van der Waals surface area contributed by atoms with Crippen LogP contribution in [-0.2, 0) is 0 Å². The van der Waals surface area contributed by atoms with Gasteiger partial charge < -0.3 is 4.40 Å². The molecule has 0 aromatic carbocycles. The maximum Gasteiger partial charge on any atom is 0.138 e. The van der Waals surface area contributed by atoms with E-state index in [1.54, 1.807) is 0 Å². The third-order valence-electron chi connectivity index (χ3n) is 1.56. The molecule has 0 atom stereocenters. The summed E-state index contributed by atoms with van der Waals surface area (Å²) in [5.41, 5.74) is 1.53. The normalized spacial score (nSPS) is 10.0. The molecular formula is C9H5BrN2. The van der Waals surface area contributed by atoms with Crippen molar-refractivity contribution in [2.24, 2.45) is 0 Å². The molecule has 0 spiro atoms. The first-order valence-corrected chi connectivity index (χ1v) is 4.20. The lowest BCUT2D eigenvalue weighted by Crippen LogP contribution is -1.80. The summed E-state index contributed by atoms with van der Waals surface area (Å²) in [4.78, 5) is 4.18. The van der Waals surface area contributed by atoms with Gasteiger partial charge in [-0.25, -0.2) is 4.98 Å². The van der Waals surface area contributed by atoms with Crippen molar-refractivity contribution in [2.45, 2.75) is 0 Å². The number of nitrogens with zero attached hydrogens (tertiary/aromatic N) is 2. The molecule has 0 fully saturated rings. The second kappa shape index (κ2) is 2.65. The predicted molar refractivity (Wildman–Crippen MR) is 50.8 cm³/mol. The number of imidazole rings is 1. The third kappa shape index (κ3) is 1.10. The van der Waals surface area contributed by atoms with E-state index in [2.05, 4.69) is 26.8 Å². The van der Waals surface area contributed by atoms with E-state index in [0.29, 0.717) is 5.69 Å². The van der Waals surface area contributed by atoms with Gasteiger partial charge in [0, 0.05) is 16.9 Å². The van der Waals surface area contributed by atoms with E-state index in [-0.39, 0.29) is 0 Å². The second-order valence-electron chi connectivity index (χ2n) is 2.38. The lowest BCUT2D eigenvalue weighted by atomic mass is 10.5. The molecule has 12 heavy (non-hydrogen) atoms. The number of hydrogen-bond donors (Lipinski definition) is 0. The number of rotatable bonds is 0. The second-order valence-corrected chi connectivity index (χ2v) is 3.30. The Labute approximate surface area is 78.4 Å². The summed E-state index contributed by atoms with van der Waals surface area (Å²) >= 11 is 3.36. The lowest BCUT2D eigenvalue weighted by Gasteiger charge is -1.91. The Balaban J connectivity index is 2.77. The molecule has 0 bridgehead atoms. The van der Waals surface area contributed by atoms with Crippen LogP contribution in [0.5, 0.6) is 0 Å². The van der Waals surface area contributed by atoms with Gasteiger partial charge >= 0.3 is 0 Å². The molecule has 3 heteroatoms. The van der Waals surface area contributed by atoms with Crippen LogP contribution in [0.4, 0.5) is 0 Å².